The van der Waals surface area contributed by atoms with Crippen LogP contribution in [0.1, 0.15) is 18.1 Å². The molecule has 6 heteroatoms. The molecule has 0 amide bonds. The zero-order chi connectivity index (χ0) is 17.7. The van der Waals surface area contributed by atoms with Crippen LogP contribution in [0.5, 0.6) is 11.5 Å². The maximum absolute atomic E-state index is 9.21. The first kappa shape index (κ1) is 19.4. The summed E-state index contributed by atoms with van der Waals surface area (Å²) in [6.07, 6.45) is 3.53. The second-order valence-electron chi connectivity index (χ2n) is 4.17. The lowest BCUT2D eigenvalue weighted by atomic mass is 10.0. The van der Waals surface area contributed by atoms with Gasteiger partial charge in [-0.3, -0.25) is 0 Å². The fourth-order valence-corrected chi connectivity index (χ4v) is 1.63. The van der Waals surface area contributed by atoms with Crippen LogP contribution >= 0.6 is 0 Å². The van der Waals surface area contributed by atoms with Crippen molar-refractivity contribution >= 4 is 11.6 Å². The Labute approximate surface area is 134 Å². The largest absolute Gasteiger partial charge is 0.508 e. The van der Waals surface area contributed by atoms with E-state index in [1.807, 2.05) is 37.3 Å². The molecule has 0 aliphatic heterocycles. The number of rotatable bonds is 2. The summed E-state index contributed by atoms with van der Waals surface area (Å²) >= 11 is 0. The van der Waals surface area contributed by atoms with Gasteiger partial charge in [0.1, 0.15) is 11.5 Å². The third-order valence-electron chi connectivity index (χ3n) is 2.60. The molecule has 0 saturated carbocycles. The summed E-state index contributed by atoms with van der Waals surface area (Å²) in [5.41, 5.74) is 3.21. The molecule has 0 unspecified atom stereocenters. The van der Waals surface area contributed by atoms with Crippen LogP contribution in [0.15, 0.2) is 48.5 Å². The smallest absolute Gasteiger partial charge is 0.283 e. The molecule has 0 saturated heterocycles. The molecule has 2 aromatic rings. The average molecular weight is 312 g/mol. The molecule has 0 aliphatic rings. The molecule has 0 fully saturated rings. The molecule has 0 heterocycles. The Kier molecular flexibility index (Phi) is 9.32. The van der Waals surface area contributed by atoms with E-state index in [4.69, 9.17) is 20.7 Å². The molecule has 4 N–H and O–H groups in total. The number of aliphatic hydroxyl groups is 2. The number of aliphatic hydroxyl groups excluding tert-OH is 2. The standard InChI is InChI=1S/C15H14O2.2CHNO/c1-11(13-4-8-15(17)9-5-13)10-12-2-6-14(16)7-3-12;2*2-1-3/h2-10,16-17H,1H3;2*3H. The van der Waals surface area contributed by atoms with Crippen LogP contribution in [0.3, 0.4) is 0 Å². The van der Waals surface area contributed by atoms with Crippen LogP contribution in [-0.4, -0.2) is 20.4 Å². The Morgan fingerprint density at radius 3 is 1.57 bits per heavy atom. The summed E-state index contributed by atoms with van der Waals surface area (Å²) in [4.78, 5) is 0. The molecule has 2 rings (SSSR count). The highest BCUT2D eigenvalue weighted by Gasteiger charge is 1.97. The minimum absolute atomic E-state index is 0.268. The van der Waals surface area contributed by atoms with E-state index in [9.17, 15) is 10.2 Å². The molecule has 0 aromatic heterocycles. The van der Waals surface area contributed by atoms with Gasteiger partial charge in [0.15, 0.2) is 0 Å². The number of hydrogen-bond donors (Lipinski definition) is 4. The highest BCUT2D eigenvalue weighted by molar-refractivity contribution is 5.80. The van der Waals surface area contributed by atoms with Gasteiger partial charge in [-0.2, -0.15) is 10.5 Å². The van der Waals surface area contributed by atoms with E-state index in [-0.39, 0.29) is 11.5 Å². The van der Waals surface area contributed by atoms with Crippen LogP contribution in [0.25, 0.3) is 11.6 Å². The molecule has 118 valence electrons. The lowest BCUT2D eigenvalue weighted by molar-refractivity contribution is 0.474. The maximum Gasteiger partial charge on any atom is 0.283 e. The van der Waals surface area contributed by atoms with Crippen molar-refractivity contribution in [3.8, 4) is 24.0 Å². The van der Waals surface area contributed by atoms with E-state index < -0.39 is 0 Å². The number of nitriles is 2. The Bertz CT molecular complexity index is 681. The number of nitrogens with zero attached hydrogens (tertiary/aromatic N) is 2. The minimum Gasteiger partial charge on any atom is -0.508 e. The number of aromatic hydroxyl groups is 2. The van der Waals surface area contributed by atoms with Crippen molar-refractivity contribution in [3.63, 3.8) is 0 Å². The molecule has 2 aromatic carbocycles. The second kappa shape index (κ2) is 11.1. The zero-order valence-corrected chi connectivity index (χ0v) is 12.4. The van der Waals surface area contributed by atoms with Gasteiger partial charge in [0, 0.05) is 0 Å². The molecule has 0 radical (unpaired) electrons. The van der Waals surface area contributed by atoms with Crippen molar-refractivity contribution in [3.05, 3.63) is 59.7 Å². The Hall–Kier alpha value is -3.64. The Balaban J connectivity index is 0.000000704. The van der Waals surface area contributed by atoms with Gasteiger partial charge < -0.3 is 20.4 Å². The quantitative estimate of drug-likeness (QED) is 0.497. The van der Waals surface area contributed by atoms with Gasteiger partial charge >= 0.3 is 0 Å². The number of hydrogen-bond acceptors (Lipinski definition) is 6. The van der Waals surface area contributed by atoms with Crippen molar-refractivity contribution in [2.75, 3.05) is 0 Å². The van der Waals surface area contributed by atoms with Crippen LogP contribution in [-0.2, 0) is 0 Å². The lowest BCUT2D eigenvalue weighted by Crippen LogP contribution is -1.79. The molecule has 0 atom stereocenters. The topological polar surface area (TPSA) is 128 Å². The monoisotopic (exact) mass is 312 g/mol. The fourth-order valence-electron chi connectivity index (χ4n) is 1.63. The van der Waals surface area contributed by atoms with Gasteiger partial charge in [-0.25, -0.2) is 0 Å². The SMILES string of the molecule is CC(=Cc1ccc(O)cc1)c1ccc(O)cc1.N#CO.N#CO. The second-order valence-corrected chi connectivity index (χ2v) is 4.17. The summed E-state index contributed by atoms with van der Waals surface area (Å²) in [5.74, 6) is 0.538. The molecule has 0 spiro atoms. The van der Waals surface area contributed by atoms with E-state index in [0.29, 0.717) is 0 Å². The summed E-state index contributed by atoms with van der Waals surface area (Å²) in [5, 5.41) is 45.9. The van der Waals surface area contributed by atoms with E-state index in [1.54, 1.807) is 24.3 Å². The first-order valence-corrected chi connectivity index (χ1v) is 6.31. The molecule has 23 heavy (non-hydrogen) atoms. The molecule has 0 aliphatic carbocycles. The normalized spacial score (nSPS) is 9.09. The fraction of sp³-hybridized carbons (Fsp3) is 0.0588. The molecule has 0 bridgehead atoms. The summed E-state index contributed by atoms with van der Waals surface area (Å²) in [7, 11) is 0. The van der Waals surface area contributed by atoms with Gasteiger partial charge in [0.05, 0.1) is 0 Å². The van der Waals surface area contributed by atoms with Gasteiger partial charge in [0.25, 0.3) is 12.5 Å². The van der Waals surface area contributed by atoms with E-state index in [0.717, 1.165) is 29.2 Å². The van der Waals surface area contributed by atoms with Crippen LogP contribution in [0, 0.1) is 23.0 Å². The molecule has 6 nitrogen and oxygen atoms in total. The summed E-state index contributed by atoms with van der Waals surface area (Å²) in [6, 6.07) is 14.1. The van der Waals surface area contributed by atoms with Crippen molar-refractivity contribution in [1.82, 2.24) is 0 Å². The van der Waals surface area contributed by atoms with Crippen molar-refractivity contribution in [2.24, 2.45) is 0 Å². The average Bonchev–Trinajstić information content (AvgIpc) is 2.52. The van der Waals surface area contributed by atoms with Crippen molar-refractivity contribution in [1.29, 1.82) is 10.5 Å². The highest BCUT2D eigenvalue weighted by Crippen LogP contribution is 2.21. The third-order valence-corrected chi connectivity index (χ3v) is 2.60. The van der Waals surface area contributed by atoms with E-state index in [2.05, 4.69) is 0 Å². The lowest BCUT2D eigenvalue weighted by Gasteiger charge is -2.02. The van der Waals surface area contributed by atoms with Crippen molar-refractivity contribution < 1.29 is 20.4 Å². The van der Waals surface area contributed by atoms with E-state index >= 15 is 0 Å². The van der Waals surface area contributed by atoms with Crippen LogP contribution in [0.4, 0.5) is 0 Å². The summed E-state index contributed by atoms with van der Waals surface area (Å²) in [6.45, 7) is 2.01. The zero-order valence-electron chi connectivity index (χ0n) is 12.4. The number of benzene rings is 2. The highest BCUT2D eigenvalue weighted by atomic mass is 16.3. The maximum atomic E-state index is 9.21. The Morgan fingerprint density at radius 2 is 1.17 bits per heavy atom. The first-order valence-electron chi connectivity index (χ1n) is 6.31. The number of phenols is 2. The predicted molar refractivity (Wildman–Crippen MR) is 84.9 cm³/mol. The third kappa shape index (κ3) is 8.28. The van der Waals surface area contributed by atoms with Crippen molar-refractivity contribution in [2.45, 2.75) is 6.92 Å². The van der Waals surface area contributed by atoms with Gasteiger partial charge in [-0.15, -0.1) is 0 Å². The van der Waals surface area contributed by atoms with Gasteiger partial charge in [-0.05, 0) is 47.9 Å². The predicted octanol–water partition coefficient (Wildman–Crippen LogP) is 3.34. The van der Waals surface area contributed by atoms with E-state index in [1.165, 1.54) is 0 Å². The first-order chi connectivity index (χ1) is 11.0. The van der Waals surface area contributed by atoms with Gasteiger partial charge in [-0.1, -0.05) is 30.3 Å². The molecular formula is C17H16N2O4. The van der Waals surface area contributed by atoms with Crippen LogP contribution in [0.2, 0.25) is 0 Å². The minimum atomic E-state index is 0.268. The van der Waals surface area contributed by atoms with Gasteiger partial charge in [0.2, 0.25) is 0 Å². The molecular weight excluding hydrogens is 296 g/mol. The Morgan fingerprint density at radius 1 is 0.826 bits per heavy atom. The number of phenolic OH excluding ortho intramolecular Hbond substituents is 2. The number of allylic oxidation sites excluding steroid dienone is 1. The van der Waals surface area contributed by atoms with Crippen LogP contribution < -0.4 is 0 Å². The summed E-state index contributed by atoms with van der Waals surface area (Å²) < 4.78 is 0.